The SMILES string of the molecule is CCN1CCCC(=O)N1CCCc1ccc(C(=O)O)o1. The zero-order valence-electron chi connectivity index (χ0n) is 11.7. The first kappa shape index (κ1) is 14.6. The Balaban J connectivity index is 1.84. The van der Waals surface area contributed by atoms with Crippen molar-refractivity contribution in [1.29, 1.82) is 0 Å². The molecule has 0 radical (unpaired) electrons. The van der Waals surface area contributed by atoms with Gasteiger partial charge in [-0.2, -0.15) is 0 Å². The number of carbonyl (C=O) groups is 2. The molecule has 1 amide bonds. The molecule has 110 valence electrons. The van der Waals surface area contributed by atoms with Crippen molar-refractivity contribution in [2.45, 2.75) is 32.6 Å². The number of aromatic carboxylic acids is 1. The molecule has 0 atom stereocenters. The minimum absolute atomic E-state index is 0.0377. The summed E-state index contributed by atoms with van der Waals surface area (Å²) in [7, 11) is 0. The van der Waals surface area contributed by atoms with E-state index in [1.807, 2.05) is 11.9 Å². The zero-order chi connectivity index (χ0) is 14.5. The van der Waals surface area contributed by atoms with E-state index in [4.69, 9.17) is 9.52 Å². The number of carbonyl (C=O) groups excluding carboxylic acids is 1. The minimum atomic E-state index is -1.06. The minimum Gasteiger partial charge on any atom is -0.475 e. The molecule has 1 fully saturated rings. The number of hydrogen-bond acceptors (Lipinski definition) is 4. The molecular weight excluding hydrogens is 260 g/mol. The number of rotatable bonds is 6. The van der Waals surface area contributed by atoms with Gasteiger partial charge >= 0.3 is 5.97 Å². The van der Waals surface area contributed by atoms with Crippen molar-refractivity contribution in [1.82, 2.24) is 10.0 Å². The highest BCUT2D eigenvalue weighted by molar-refractivity contribution is 5.84. The lowest BCUT2D eigenvalue weighted by Gasteiger charge is -2.37. The van der Waals surface area contributed by atoms with Gasteiger partial charge in [0, 0.05) is 32.5 Å². The van der Waals surface area contributed by atoms with Crippen molar-refractivity contribution in [2.24, 2.45) is 0 Å². The first-order valence-corrected chi connectivity index (χ1v) is 6.99. The molecule has 1 aromatic heterocycles. The van der Waals surface area contributed by atoms with E-state index < -0.39 is 5.97 Å². The average Bonchev–Trinajstić information content (AvgIpc) is 2.89. The van der Waals surface area contributed by atoms with Crippen LogP contribution in [0.3, 0.4) is 0 Å². The molecule has 6 heteroatoms. The Labute approximate surface area is 117 Å². The van der Waals surface area contributed by atoms with Gasteiger partial charge in [0.05, 0.1) is 0 Å². The van der Waals surface area contributed by atoms with Gasteiger partial charge in [0.1, 0.15) is 5.76 Å². The third-order valence-corrected chi connectivity index (χ3v) is 3.47. The molecule has 2 rings (SSSR count). The Kier molecular flexibility index (Phi) is 4.79. The van der Waals surface area contributed by atoms with E-state index >= 15 is 0 Å². The molecule has 0 aliphatic carbocycles. The van der Waals surface area contributed by atoms with Gasteiger partial charge in [0.25, 0.3) is 0 Å². The number of carboxylic acids is 1. The summed E-state index contributed by atoms with van der Waals surface area (Å²) in [6.07, 6.45) is 2.92. The van der Waals surface area contributed by atoms with Crippen LogP contribution in [-0.4, -0.2) is 46.6 Å². The van der Waals surface area contributed by atoms with Crippen LogP contribution in [0.4, 0.5) is 0 Å². The van der Waals surface area contributed by atoms with Gasteiger partial charge in [0.2, 0.25) is 11.7 Å². The summed E-state index contributed by atoms with van der Waals surface area (Å²) in [5.74, 6) is -0.275. The second kappa shape index (κ2) is 6.56. The molecule has 0 spiro atoms. The maximum Gasteiger partial charge on any atom is 0.371 e. The van der Waals surface area contributed by atoms with Crippen LogP contribution in [0.1, 0.15) is 42.5 Å². The number of furan rings is 1. The van der Waals surface area contributed by atoms with Gasteiger partial charge in [-0.15, -0.1) is 0 Å². The van der Waals surface area contributed by atoms with E-state index in [9.17, 15) is 9.59 Å². The lowest BCUT2D eigenvalue weighted by atomic mass is 10.2. The van der Waals surface area contributed by atoms with E-state index in [1.165, 1.54) is 6.07 Å². The quantitative estimate of drug-likeness (QED) is 0.859. The first-order valence-electron chi connectivity index (χ1n) is 6.99. The van der Waals surface area contributed by atoms with Gasteiger partial charge in [-0.3, -0.25) is 9.80 Å². The summed E-state index contributed by atoms with van der Waals surface area (Å²) >= 11 is 0. The molecule has 1 N–H and O–H groups in total. The third kappa shape index (κ3) is 3.39. The number of aryl methyl sites for hydroxylation is 1. The fourth-order valence-corrected chi connectivity index (χ4v) is 2.45. The maximum atomic E-state index is 11.9. The van der Waals surface area contributed by atoms with Crippen molar-refractivity contribution >= 4 is 11.9 Å². The van der Waals surface area contributed by atoms with Gasteiger partial charge in [-0.05, 0) is 25.0 Å². The molecule has 1 saturated heterocycles. The smallest absolute Gasteiger partial charge is 0.371 e. The lowest BCUT2D eigenvalue weighted by Crippen LogP contribution is -2.50. The Bertz CT molecular complexity index is 483. The number of nitrogens with zero attached hydrogens (tertiary/aromatic N) is 2. The van der Waals surface area contributed by atoms with Gasteiger partial charge in [-0.1, -0.05) is 6.92 Å². The molecule has 2 heterocycles. The summed E-state index contributed by atoms with van der Waals surface area (Å²) in [6.45, 7) is 4.44. The van der Waals surface area contributed by atoms with Crippen molar-refractivity contribution in [2.75, 3.05) is 19.6 Å². The molecule has 0 aromatic carbocycles. The highest BCUT2D eigenvalue weighted by Crippen LogP contribution is 2.15. The number of hydrazine groups is 1. The molecule has 1 aromatic rings. The molecule has 1 aliphatic rings. The molecule has 0 unspecified atom stereocenters. The molecule has 20 heavy (non-hydrogen) atoms. The van der Waals surface area contributed by atoms with Gasteiger partial charge < -0.3 is 9.52 Å². The molecule has 6 nitrogen and oxygen atoms in total. The fraction of sp³-hybridized carbons (Fsp3) is 0.571. The monoisotopic (exact) mass is 280 g/mol. The predicted octanol–water partition coefficient (Wildman–Crippen LogP) is 1.77. The van der Waals surface area contributed by atoms with E-state index in [1.54, 1.807) is 6.07 Å². The van der Waals surface area contributed by atoms with Crippen LogP contribution in [-0.2, 0) is 11.2 Å². The molecule has 0 saturated carbocycles. The molecule has 0 bridgehead atoms. The second-order valence-corrected chi connectivity index (χ2v) is 4.84. The normalized spacial score (nSPS) is 16.6. The van der Waals surface area contributed by atoms with Gasteiger partial charge in [-0.25, -0.2) is 9.80 Å². The van der Waals surface area contributed by atoms with Crippen molar-refractivity contribution < 1.29 is 19.1 Å². The van der Waals surface area contributed by atoms with Crippen molar-refractivity contribution in [3.05, 3.63) is 23.7 Å². The van der Waals surface area contributed by atoms with Crippen LogP contribution < -0.4 is 0 Å². The number of carboxylic acid groups (broad SMARTS) is 1. The predicted molar refractivity (Wildman–Crippen MR) is 72.2 cm³/mol. The van der Waals surface area contributed by atoms with E-state index in [-0.39, 0.29) is 11.7 Å². The Morgan fingerprint density at radius 2 is 2.25 bits per heavy atom. The highest BCUT2D eigenvalue weighted by atomic mass is 16.4. The van der Waals surface area contributed by atoms with Gasteiger partial charge in [0.15, 0.2) is 0 Å². The molecule has 1 aliphatic heterocycles. The summed E-state index contributed by atoms with van der Waals surface area (Å²) in [4.78, 5) is 22.6. The fourth-order valence-electron chi connectivity index (χ4n) is 2.45. The summed E-state index contributed by atoms with van der Waals surface area (Å²) in [5, 5.41) is 12.7. The van der Waals surface area contributed by atoms with Crippen molar-refractivity contribution in [3.8, 4) is 0 Å². The summed E-state index contributed by atoms with van der Waals surface area (Å²) < 4.78 is 5.20. The maximum absolute atomic E-state index is 11.9. The van der Waals surface area contributed by atoms with E-state index in [0.29, 0.717) is 25.1 Å². The van der Waals surface area contributed by atoms with Crippen LogP contribution in [0.2, 0.25) is 0 Å². The highest BCUT2D eigenvalue weighted by Gasteiger charge is 2.24. The average molecular weight is 280 g/mol. The van der Waals surface area contributed by atoms with E-state index in [2.05, 4.69) is 5.01 Å². The van der Waals surface area contributed by atoms with E-state index in [0.717, 1.165) is 25.9 Å². The van der Waals surface area contributed by atoms with Crippen LogP contribution in [0.5, 0.6) is 0 Å². The summed E-state index contributed by atoms with van der Waals surface area (Å²) in [6, 6.07) is 3.14. The van der Waals surface area contributed by atoms with Crippen molar-refractivity contribution in [3.63, 3.8) is 0 Å². The number of amides is 1. The lowest BCUT2D eigenvalue weighted by molar-refractivity contribution is -0.155. The first-order chi connectivity index (χ1) is 9.61. The Morgan fingerprint density at radius 1 is 1.45 bits per heavy atom. The standard InChI is InChI=1S/C14H20N2O4/c1-2-15-9-4-6-13(17)16(15)10-3-5-11-7-8-12(20-11)14(18)19/h7-8H,2-6,9-10H2,1H3,(H,18,19). The summed E-state index contributed by atoms with van der Waals surface area (Å²) in [5.41, 5.74) is 0. The number of hydrogen-bond donors (Lipinski definition) is 1. The van der Waals surface area contributed by atoms with Crippen LogP contribution in [0.25, 0.3) is 0 Å². The Morgan fingerprint density at radius 3 is 2.90 bits per heavy atom. The largest absolute Gasteiger partial charge is 0.475 e. The van der Waals surface area contributed by atoms with Crippen LogP contribution >= 0.6 is 0 Å². The van der Waals surface area contributed by atoms with Crippen LogP contribution in [0, 0.1) is 0 Å². The second-order valence-electron chi connectivity index (χ2n) is 4.84. The Hall–Kier alpha value is -1.82. The third-order valence-electron chi connectivity index (χ3n) is 3.47. The zero-order valence-corrected chi connectivity index (χ0v) is 11.7. The van der Waals surface area contributed by atoms with Crippen LogP contribution in [0.15, 0.2) is 16.5 Å². The molecular formula is C14H20N2O4. The topological polar surface area (TPSA) is 74.0 Å².